The van der Waals surface area contributed by atoms with Crippen molar-refractivity contribution in [3.05, 3.63) is 65.4 Å². The van der Waals surface area contributed by atoms with Gasteiger partial charge in [-0.3, -0.25) is 4.79 Å². The van der Waals surface area contributed by atoms with Gasteiger partial charge >= 0.3 is 12.4 Å². The fraction of sp³-hybridized carbons (Fsp3) is 0.423. The zero-order valence-corrected chi connectivity index (χ0v) is 21.1. The number of halogens is 6. The van der Waals surface area contributed by atoms with E-state index in [4.69, 9.17) is 4.74 Å². The van der Waals surface area contributed by atoms with E-state index in [-0.39, 0.29) is 6.04 Å². The van der Waals surface area contributed by atoms with Gasteiger partial charge in [-0.1, -0.05) is 17.8 Å². The van der Waals surface area contributed by atoms with Crippen molar-refractivity contribution in [1.82, 2.24) is 10.2 Å². The number of ether oxygens (including phenoxy) is 1. The molecule has 4 rings (SSSR count). The van der Waals surface area contributed by atoms with Gasteiger partial charge in [0.15, 0.2) is 5.78 Å². The number of carbonyl (C=O) groups is 1. The van der Waals surface area contributed by atoms with Crippen LogP contribution in [0.5, 0.6) is 0 Å². The van der Waals surface area contributed by atoms with Gasteiger partial charge in [-0.2, -0.15) is 26.3 Å². The second kappa shape index (κ2) is 12.0. The normalized spacial score (nSPS) is 19.1. The fourth-order valence-corrected chi connectivity index (χ4v) is 5.47. The number of ketones is 1. The van der Waals surface area contributed by atoms with Gasteiger partial charge < -0.3 is 20.3 Å². The molecule has 2 aliphatic heterocycles. The first-order chi connectivity index (χ1) is 18.0. The second-order valence-corrected chi connectivity index (χ2v) is 10.1. The molecule has 0 amide bonds. The van der Waals surface area contributed by atoms with Gasteiger partial charge in [0.2, 0.25) is 0 Å². The minimum atomic E-state index is -5.41. The number of morpholine rings is 1. The number of carbonyl (C=O) groups excluding carboxylic acids is 1. The molecule has 2 heterocycles. The third-order valence-electron chi connectivity index (χ3n) is 6.21. The quantitative estimate of drug-likeness (QED) is 0.244. The molecule has 0 spiro atoms. The summed E-state index contributed by atoms with van der Waals surface area (Å²) in [4.78, 5) is 14.1. The van der Waals surface area contributed by atoms with Crippen molar-refractivity contribution in [3.63, 3.8) is 0 Å². The number of rotatable bonds is 7. The van der Waals surface area contributed by atoms with Gasteiger partial charge in [0.1, 0.15) is 0 Å². The van der Waals surface area contributed by atoms with Gasteiger partial charge in [-0.25, -0.2) is 0 Å². The molecular formula is C26H27F6N3O2S. The predicted molar refractivity (Wildman–Crippen MR) is 132 cm³/mol. The number of allylic oxidation sites excluding steroid dienone is 1. The molecule has 5 nitrogen and oxygen atoms in total. The lowest BCUT2D eigenvalue weighted by Gasteiger charge is -2.25. The Morgan fingerprint density at radius 3 is 2.45 bits per heavy atom. The summed E-state index contributed by atoms with van der Waals surface area (Å²) >= 11 is 0.577. The highest BCUT2D eigenvalue weighted by Crippen LogP contribution is 2.48. The van der Waals surface area contributed by atoms with E-state index < -0.39 is 39.7 Å². The van der Waals surface area contributed by atoms with Crippen molar-refractivity contribution < 1.29 is 35.9 Å². The van der Waals surface area contributed by atoms with Gasteiger partial charge in [-0.15, -0.1) is 0 Å². The first-order valence-corrected chi connectivity index (χ1v) is 12.9. The van der Waals surface area contributed by atoms with Crippen molar-refractivity contribution in [1.29, 1.82) is 0 Å². The molecule has 38 heavy (non-hydrogen) atoms. The molecule has 2 aromatic carbocycles. The van der Waals surface area contributed by atoms with Crippen LogP contribution in [0.3, 0.4) is 0 Å². The van der Waals surface area contributed by atoms with Crippen LogP contribution in [0.4, 0.5) is 32.0 Å². The third-order valence-corrected chi connectivity index (χ3v) is 7.26. The molecule has 0 radical (unpaired) electrons. The summed E-state index contributed by atoms with van der Waals surface area (Å²) in [6, 6.07) is 8.43. The van der Waals surface area contributed by atoms with Crippen LogP contribution in [0, 0.1) is 0 Å². The molecule has 2 saturated heterocycles. The summed E-state index contributed by atoms with van der Waals surface area (Å²) in [5, 5.41) is 6.57. The number of nitrogens with one attached hydrogen (secondary N) is 2. The average Bonchev–Trinajstić information content (AvgIpc) is 2.87. The summed E-state index contributed by atoms with van der Waals surface area (Å²) in [5.41, 5.74) is -4.23. The standard InChI is InChI=1S/C26H27F6N3O2S/c27-25(28,29)23-20(21(36)8-10-35-11-13-37-14-12-35)6-7-22(24(23)26(30,31)32)38-19-5-1-3-17(15-19)34-18-4-2-9-33-16-18/h1,3,5-8,10,15,18,33-34H,2,4,9,11-14,16H2. The van der Waals surface area contributed by atoms with Gasteiger partial charge in [0, 0.05) is 59.0 Å². The minimum absolute atomic E-state index is 0.141. The monoisotopic (exact) mass is 559 g/mol. The van der Waals surface area contributed by atoms with Crippen LogP contribution >= 0.6 is 11.8 Å². The highest BCUT2D eigenvalue weighted by molar-refractivity contribution is 7.99. The molecule has 0 aromatic heterocycles. The Labute approximate surface area is 220 Å². The van der Waals surface area contributed by atoms with Crippen molar-refractivity contribution in [2.24, 2.45) is 0 Å². The predicted octanol–water partition coefficient (Wildman–Crippen LogP) is 6.07. The van der Waals surface area contributed by atoms with E-state index in [0.717, 1.165) is 44.1 Å². The number of hydrogen-bond acceptors (Lipinski definition) is 6. The summed E-state index contributed by atoms with van der Waals surface area (Å²) in [5.74, 6) is -1.15. The van der Waals surface area contributed by atoms with E-state index in [2.05, 4.69) is 10.6 Å². The molecule has 0 saturated carbocycles. The first-order valence-electron chi connectivity index (χ1n) is 12.1. The van der Waals surface area contributed by atoms with Crippen molar-refractivity contribution in [3.8, 4) is 0 Å². The number of hydrogen-bond donors (Lipinski definition) is 2. The van der Waals surface area contributed by atoms with E-state index in [1.807, 2.05) is 0 Å². The molecule has 206 valence electrons. The summed E-state index contributed by atoms with van der Waals surface area (Å²) in [6.07, 6.45) is -6.68. The van der Waals surface area contributed by atoms with E-state index in [0.29, 0.717) is 48.6 Å². The van der Waals surface area contributed by atoms with Gasteiger partial charge in [0.05, 0.1) is 24.3 Å². The Hall–Kier alpha value is -2.70. The number of alkyl halides is 6. The summed E-state index contributed by atoms with van der Waals surface area (Å²) in [7, 11) is 0. The molecule has 2 aliphatic rings. The van der Waals surface area contributed by atoms with Crippen LogP contribution in [0.2, 0.25) is 0 Å². The maximum atomic E-state index is 14.2. The maximum absolute atomic E-state index is 14.2. The fourth-order valence-electron chi connectivity index (χ4n) is 4.43. The average molecular weight is 560 g/mol. The zero-order valence-electron chi connectivity index (χ0n) is 20.3. The summed E-state index contributed by atoms with van der Waals surface area (Å²) in [6.45, 7) is 3.25. The summed E-state index contributed by atoms with van der Waals surface area (Å²) < 4.78 is 90.0. The third kappa shape index (κ3) is 7.23. The zero-order chi connectivity index (χ0) is 27.3. The maximum Gasteiger partial charge on any atom is 0.418 e. The Morgan fingerprint density at radius 2 is 1.79 bits per heavy atom. The SMILES string of the molecule is O=C(C=CN1CCOCC1)c1ccc(Sc2cccc(NC3CCCNC3)c2)c(C(F)(F)F)c1C(F)(F)F. The van der Waals surface area contributed by atoms with Gasteiger partial charge in [-0.05, 0) is 49.7 Å². The number of nitrogens with zero attached hydrogens (tertiary/aromatic N) is 1. The number of benzene rings is 2. The Kier molecular flexibility index (Phi) is 8.94. The smallest absolute Gasteiger partial charge is 0.381 e. The van der Waals surface area contributed by atoms with Crippen LogP contribution in [-0.4, -0.2) is 56.1 Å². The minimum Gasteiger partial charge on any atom is -0.381 e. The molecule has 0 aliphatic carbocycles. The molecule has 0 bridgehead atoms. The Balaban J connectivity index is 1.67. The number of anilines is 1. The van der Waals surface area contributed by atoms with Crippen molar-refractivity contribution in [2.45, 2.75) is 41.0 Å². The molecule has 1 unspecified atom stereocenters. The van der Waals surface area contributed by atoms with Crippen molar-refractivity contribution in [2.75, 3.05) is 44.7 Å². The first kappa shape index (κ1) is 28.3. The lowest BCUT2D eigenvalue weighted by atomic mass is 9.96. The lowest BCUT2D eigenvalue weighted by Crippen LogP contribution is -2.38. The molecule has 2 fully saturated rings. The Bertz CT molecular complexity index is 1160. The Morgan fingerprint density at radius 1 is 1.05 bits per heavy atom. The van der Waals surface area contributed by atoms with Crippen LogP contribution in [0.25, 0.3) is 0 Å². The van der Waals surface area contributed by atoms with E-state index in [9.17, 15) is 31.1 Å². The van der Waals surface area contributed by atoms with Crippen LogP contribution in [0.1, 0.15) is 34.3 Å². The highest BCUT2D eigenvalue weighted by atomic mass is 32.2. The van der Waals surface area contributed by atoms with Crippen LogP contribution in [0.15, 0.2) is 58.5 Å². The van der Waals surface area contributed by atoms with E-state index in [1.165, 1.54) is 12.3 Å². The van der Waals surface area contributed by atoms with Gasteiger partial charge in [0.25, 0.3) is 0 Å². The van der Waals surface area contributed by atoms with Crippen LogP contribution < -0.4 is 10.6 Å². The second-order valence-electron chi connectivity index (χ2n) is 9.00. The molecule has 2 N–H and O–H groups in total. The topological polar surface area (TPSA) is 53.6 Å². The highest BCUT2D eigenvalue weighted by Gasteiger charge is 2.47. The van der Waals surface area contributed by atoms with Crippen LogP contribution in [-0.2, 0) is 17.1 Å². The molecule has 2 aromatic rings. The molecule has 12 heteroatoms. The number of piperidine rings is 1. The van der Waals surface area contributed by atoms with E-state index in [1.54, 1.807) is 23.1 Å². The molecule has 1 atom stereocenters. The van der Waals surface area contributed by atoms with Crippen molar-refractivity contribution >= 4 is 23.2 Å². The lowest BCUT2D eigenvalue weighted by molar-refractivity contribution is -0.163. The molecular weight excluding hydrogens is 532 g/mol. The largest absolute Gasteiger partial charge is 0.418 e. The van der Waals surface area contributed by atoms with E-state index >= 15 is 0 Å².